The predicted molar refractivity (Wildman–Crippen MR) is 62.3 cm³/mol. The van der Waals surface area contributed by atoms with Gasteiger partial charge in [0.15, 0.2) is 0 Å². The quantitative estimate of drug-likeness (QED) is 0.823. The second-order valence-electron chi connectivity index (χ2n) is 3.41. The molecular weight excluding hydrogens is 240 g/mol. The molecule has 2 aromatic carbocycles. The normalized spacial score (nSPS) is 10.8. The third kappa shape index (κ3) is 1.56. The van der Waals surface area contributed by atoms with Crippen LogP contribution in [0.15, 0.2) is 34.8 Å². The summed E-state index contributed by atoms with van der Waals surface area (Å²) in [5.41, 5.74) is 2.19. The molecule has 1 nitrogen and oxygen atoms in total. The number of rotatable bonds is 1. The van der Waals surface area contributed by atoms with E-state index in [0.717, 1.165) is 20.8 Å². The number of aliphatic hydroxyl groups excluding tert-OH is 1. The minimum atomic E-state index is 0.0905. The van der Waals surface area contributed by atoms with E-state index in [1.54, 1.807) is 0 Å². The predicted octanol–water partition coefficient (Wildman–Crippen LogP) is 3.40. The summed E-state index contributed by atoms with van der Waals surface area (Å²) >= 11 is 3.50. The van der Waals surface area contributed by atoms with E-state index >= 15 is 0 Å². The van der Waals surface area contributed by atoms with Gasteiger partial charge in [-0.15, -0.1) is 0 Å². The second kappa shape index (κ2) is 3.71. The maximum atomic E-state index is 9.20. The molecule has 0 aromatic heterocycles. The van der Waals surface area contributed by atoms with E-state index in [-0.39, 0.29) is 6.61 Å². The highest BCUT2D eigenvalue weighted by Gasteiger charge is 2.03. The van der Waals surface area contributed by atoms with Crippen LogP contribution in [0.3, 0.4) is 0 Å². The first-order valence-corrected chi connectivity index (χ1v) is 5.30. The minimum Gasteiger partial charge on any atom is -0.392 e. The van der Waals surface area contributed by atoms with Crippen LogP contribution in [0, 0.1) is 6.92 Å². The highest BCUT2D eigenvalue weighted by atomic mass is 79.9. The Balaban J connectivity index is 2.85. The third-order valence-electron chi connectivity index (χ3n) is 2.38. The Hall–Kier alpha value is -0.860. The summed E-state index contributed by atoms with van der Waals surface area (Å²) in [6, 6.07) is 10.2. The summed E-state index contributed by atoms with van der Waals surface area (Å²) in [6.07, 6.45) is 0. The molecule has 2 aromatic rings. The highest BCUT2D eigenvalue weighted by molar-refractivity contribution is 9.10. The van der Waals surface area contributed by atoms with Gasteiger partial charge in [0.1, 0.15) is 0 Å². The number of fused-ring (bicyclic) bond motifs is 1. The fourth-order valence-corrected chi connectivity index (χ4v) is 2.10. The van der Waals surface area contributed by atoms with Crippen LogP contribution in [0.4, 0.5) is 0 Å². The van der Waals surface area contributed by atoms with Crippen molar-refractivity contribution in [2.75, 3.05) is 0 Å². The van der Waals surface area contributed by atoms with Gasteiger partial charge in [-0.2, -0.15) is 0 Å². The largest absolute Gasteiger partial charge is 0.392 e. The number of hydrogen-bond acceptors (Lipinski definition) is 1. The molecule has 0 atom stereocenters. The zero-order valence-electron chi connectivity index (χ0n) is 7.92. The van der Waals surface area contributed by atoms with Gasteiger partial charge in [-0.1, -0.05) is 45.8 Å². The van der Waals surface area contributed by atoms with Crippen molar-refractivity contribution in [2.45, 2.75) is 13.5 Å². The summed E-state index contributed by atoms with van der Waals surface area (Å²) in [4.78, 5) is 0. The minimum absolute atomic E-state index is 0.0905. The Morgan fingerprint density at radius 1 is 1.14 bits per heavy atom. The summed E-state index contributed by atoms with van der Waals surface area (Å²) < 4.78 is 1.07. The summed E-state index contributed by atoms with van der Waals surface area (Å²) in [5.74, 6) is 0. The zero-order chi connectivity index (χ0) is 10.1. The first-order chi connectivity index (χ1) is 6.72. The van der Waals surface area contributed by atoms with Crippen LogP contribution in [-0.4, -0.2) is 5.11 Å². The molecule has 0 heterocycles. The molecule has 0 spiro atoms. The molecular formula is C12H11BrO. The standard InChI is InChI=1S/C12H11BrO/c1-8-2-4-10-11(6-8)9(7-14)3-5-12(10)13/h2-6,14H,7H2,1H3. The van der Waals surface area contributed by atoms with E-state index < -0.39 is 0 Å². The fraction of sp³-hybridized carbons (Fsp3) is 0.167. The van der Waals surface area contributed by atoms with E-state index in [1.165, 1.54) is 5.56 Å². The lowest BCUT2D eigenvalue weighted by molar-refractivity contribution is 0.283. The lowest BCUT2D eigenvalue weighted by Gasteiger charge is -2.06. The van der Waals surface area contributed by atoms with Crippen LogP contribution in [0.1, 0.15) is 11.1 Å². The van der Waals surface area contributed by atoms with Crippen LogP contribution in [0.25, 0.3) is 10.8 Å². The Bertz CT molecular complexity index is 477. The molecule has 0 amide bonds. The molecule has 0 bridgehead atoms. The molecule has 0 radical (unpaired) electrons. The van der Waals surface area contributed by atoms with Crippen LogP contribution >= 0.6 is 15.9 Å². The van der Waals surface area contributed by atoms with Crippen molar-refractivity contribution < 1.29 is 5.11 Å². The van der Waals surface area contributed by atoms with Gasteiger partial charge in [-0.05, 0) is 29.3 Å². The Kier molecular flexibility index (Phi) is 2.57. The van der Waals surface area contributed by atoms with Crippen molar-refractivity contribution in [3.8, 4) is 0 Å². The molecule has 14 heavy (non-hydrogen) atoms. The Labute approximate surface area is 91.5 Å². The number of hydrogen-bond donors (Lipinski definition) is 1. The molecule has 0 aliphatic rings. The molecule has 2 heteroatoms. The fourth-order valence-electron chi connectivity index (χ4n) is 1.62. The van der Waals surface area contributed by atoms with Gasteiger partial charge in [0.05, 0.1) is 6.61 Å². The molecule has 0 fully saturated rings. The topological polar surface area (TPSA) is 20.2 Å². The Morgan fingerprint density at radius 2 is 1.93 bits per heavy atom. The van der Waals surface area contributed by atoms with E-state index in [1.807, 2.05) is 12.1 Å². The number of halogens is 1. The van der Waals surface area contributed by atoms with Gasteiger partial charge in [0.25, 0.3) is 0 Å². The molecule has 0 aliphatic carbocycles. The smallest absolute Gasteiger partial charge is 0.0687 e. The maximum Gasteiger partial charge on any atom is 0.0687 e. The van der Waals surface area contributed by atoms with E-state index in [9.17, 15) is 5.11 Å². The number of aliphatic hydroxyl groups is 1. The monoisotopic (exact) mass is 250 g/mol. The molecule has 1 N–H and O–H groups in total. The molecule has 0 saturated carbocycles. The van der Waals surface area contributed by atoms with Crippen molar-refractivity contribution in [3.05, 3.63) is 45.9 Å². The number of benzene rings is 2. The molecule has 2 rings (SSSR count). The van der Waals surface area contributed by atoms with Gasteiger partial charge >= 0.3 is 0 Å². The van der Waals surface area contributed by atoms with Gasteiger partial charge in [0, 0.05) is 4.47 Å². The van der Waals surface area contributed by atoms with Crippen molar-refractivity contribution in [1.29, 1.82) is 0 Å². The van der Waals surface area contributed by atoms with Crippen LogP contribution < -0.4 is 0 Å². The summed E-state index contributed by atoms with van der Waals surface area (Å²) in [5, 5.41) is 11.5. The van der Waals surface area contributed by atoms with Crippen LogP contribution in [-0.2, 0) is 6.61 Å². The first-order valence-electron chi connectivity index (χ1n) is 4.51. The van der Waals surface area contributed by atoms with E-state index in [0.29, 0.717) is 0 Å². The lowest BCUT2D eigenvalue weighted by Crippen LogP contribution is -1.87. The molecule has 0 saturated heterocycles. The third-order valence-corrected chi connectivity index (χ3v) is 3.07. The highest BCUT2D eigenvalue weighted by Crippen LogP contribution is 2.27. The van der Waals surface area contributed by atoms with Crippen molar-refractivity contribution in [2.24, 2.45) is 0 Å². The zero-order valence-corrected chi connectivity index (χ0v) is 9.51. The average Bonchev–Trinajstić information content (AvgIpc) is 2.18. The Morgan fingerprint density at radius 3 is 2.64 bits per heavy atom. The van der Waals surface area contributed by atoms with Gasteiger partial charge in [-0.3, -0.25) is 0 Å². The second-order valence-corrected chi connectivity index (χ2v) is 4.27. The number of aryl methyl sites for hydroxylation is 1. The van der Waals surface area contributed by atoms with Crippen LogP contribution in [0.2, 0.25) is 0 Å². The average molecular weight is 251 g/mol. The van der Waals surface area contributed by atoms with E-state index in [4.69, 9.17) is 0 Å². The lowest BCUT2D eigenvalue weighted by atomic mass is 10.0. The van der Waals surface area contributed by atoms with Gasteiger partial charge in [-0.25, -0.2) is 0 Å². The van der Waals surface area contributed by atoms with Crippen molar-refractivity contribution in [3.63, 3.8) is 0 Å². The molecule has 0 aliphatic heterocycles. The van der Waals surface area contributed by atoms with Crippen LogP contribution in [0.5, 0.6) is 0 Å². The van der Waals surface area contributed by atoms with Crippen molar-refractivity contribution in [1.82, 2.24) is 0 Å². The maximum absolute atomic E-state index is 9.20. The summed E-state index contributed by atoms with van der Waals surface area (Å²) in [6.45, 7) is 2.15. The molecule has 0 unspecified atom stereocenters. The van der Waals surface area contributed by atoms with E-state index in [2.05, 4.69) is 41.1 Å². The molecule has 72 valence electrons. The van der Waals surface area contributed by atoms with Crippen molar-refractivity contribution >= 4 is 26.7 Å². The first kappa shape index (κ1) is 9.69. The summed E-state index contributed by atoms with van der Waals surface area (Å²) in [7, 11) is 0. The van der Waals surface area contributed by atoms with Gasteiger partial charge in [0.2, 0.25) is 0 Å². The SMILES string of the molecule is Cc1ccc2c(Br)ccc(CO)c2c1. The van der Waals surface area contributed by atoms with Gasteiger partial charge < -0.3 is 5.11 Å².